The second-order valence-corrected chi connectivity index (χ2v) is 7.47. The summed E-state index contributed by atoms with van der Waals surface area (Å²) in [4.78, 5) is 0. The third-order valence-electron chi connectivity index (χ3n) is 3.40. The highest BCUT2D eigenvalue weighted by Crippen LogP contribution is 2.25. The van der Waals surface area contributed by atoms with Gasteiger partial charge in [0.1, 0.15) is 11.3 Å². The Labute approximate surface area is 114 Å². The van der Waals surface area contributed by atoms with E-state index in [0.717, 1.165) is 0 Å². The summed E-state index contributed by atoms with van der Waals surface area (Å²) in [5, 5.41) is 7.25. The van der Waals surface area contributed by atoms with E-state index in [4.69, 9.17) is 11.6 Å². The molecule has 1 fully saturated rings. The molecule has 0 amide bonds. The molecule has 0 radical (unpaired) electrons. The van der Waals surface area contributed by atoms with E-state index in [-0.39, 0.29) is 17.3 Å². The van der Waals surface area contributed by atoms with Gasteiger partial charge in [-0.2, -0.15) is 0 Å². The van der Waals surface area contributed by atoms with Crippen LogP contribution in [0.15, 0.2) is 12.1 Å². The first-order valence-electron chi connectivity index (χ1n) is 5.87. The van der Waals surface area contributed by atoms with Crippen LogP contribution in [-0.2, 0) is 16.4 Å². The van der Waals surface area contributed by atoms with Crippen molar-refractivity contribution >= 4 is 32.5 Å². The molecule has 1 aliphatic rings. The molecule has 1 aromatic carbocycles. The zero-order valence-electron chi connectivity index (χ0n) is 9.88. The Balaban J connectivity index is 2.00. The van der Waals surface area contributed by atoms with Gasteiger partial charge in [-0.1, -0.05) is 16.8 Å². The van der Waals surface area contributed by atoms with Crippen LogP contribution in [-0.4, -0.2) is 34.4 Å². The first-order valence-corrected chi connectivity index (χ1v) is 7.96. The van der Waals surface area contributed by atoms with Gasteiger partial charge in [0.05, 0.1) is 28.1 Å². The van der Waals surface area contributed by atoms with E-state index in [1.54, 1.807) is 0 Å². The Morgan fingerprint density at radius 1 is 1.47 bits per heavy atom. The van der Waals surface area contributed by atoms with Crippen molar-refractivity contribution in [1.29, 1.82) is 0 Å². The summed E-state index contributed by atoms with van der Waals surface area (Å²) in [6.45, 7) is 0.237. The van der Waals surface area contributed by atoms with Crippen LogP contribution in [0.1, 0.15) is 12.8 Å². The average Bonchev–Trinajstić information content (AvgIpc) is 2.86. The standard InChI is InChI=1S/C11H11ClFN3O2S/c12-8-4-11-10(5-9(8)13)14-15-16(11)6-7-2-1-3-19(7,17)18/h4-5,7H,1-3,6H2. The average molecular weight is 304 g/mol. The maximum atomic E-state index is 13.3. The van der Waals surface area contributed by atoms with Crippen molar-refractivity contribution in [2.75, 3.05) is 5.75 Å². The number of sulfone groups is 1. The molecule has 1 aromatic heterocycles. The van der Waals surface area contributed by atoms with Crippen LogP contribution >= 0.6 is 11.6 Å². The van der Waals surface area contributed by atoms with E-state index in [0.29, 0.717) is 23.9 Å². The Morgan fingerprint density at radius 3 is 2.95 bits per heavy atom. The van der Waals surface area contributed by atoms with E-state index in [1.807, 2.05) is 0 Å². The minimum absolute atomic E-state index is 0.0228. The maximum Gasteiger partial charge on any atom is 0.154 e. The van der Waals surface area contributed by atoms with Gasteiger partial charge in [-0.25, -0.2) is 17.5 Å². The van der Waals surface area contributed by atoms with Crippen LogP contribution in [0.3, 0.4) is 0 Å². The quantitative estimate of drug-likeness (QED) is 0.848. The van der Waals surface area contributed by atoms with Crippen LogP contribution in [0, 0.1) is 5.82 Å². The fourth-order valence-electron chi connectivity index (χ4n) is 2.35. The molecule has 0 aliphatic carbocycles. The van der Waals surface area contributed by atoms with Crippen molar-refractivity contribution in [2.45, 2.75) is 24.6 Å². The molecule has 8 heteroatoms. The molecule has 2 heterocycles. The first kappa shape index (κ1) is 12.8. The molecule has 3 rings (SSSR count). The lowest BCUT2D eigenvalue weighted by atomic mass is 10.2. The summed E-state index contributed by atoms with van der Waals surface area (Å²) in [7, 11) is -3.05. The largest absolute Gasteiger partial charge is 0.243 e. The van der Waals surface area contributed by atoms with E-state index >= 15 is 0 Å². The number of nitrogens with zero attached hydrogens (tertiary/aromatic N) is 3. The molecule has 1 aliphatic heterocycles. The number of fused-ring (bicyclic) bond motifs is 1. The molecule has 0 bridgehead atoms. The van der Waals surface area contributed by atoms with Crippen LogP contribution < -0.4 is 0 Å². The third-order valence-corrected chi connectivity index (χ3v) is 5.94. The van der Waals surface area contributed by atoms with Gasteiger partial charge in [-0.3, -0.25) is 0 Å². The minimum Gasteiger partial charge on any atom is -0.243 e. The summed E-state index contributed by atoms with van der Waals surface area (Å²) < 4.78 is 38.4. The third kappa shape index (κ3) is 2.21. The zero-order chi connectivity index (χ0) is 13.6. The van der Waals surface area contributed by atoms with Gasteiger partial charge in [-0.15, -0.1) is 5.10 Å². The molecule has 1 saturated heterocycles. The fourth-order valence-corrected chi connectivity index (χ4v) is 4.31. The van der Waals surface area contributed by atoms with Crippen LogP contribution in [0.25, 0.3) is 11.0 Å². The Bertz CT molecular complexity index is 744. The van der Waals surface area contributed by atoms with Gasteiger partial charge in [0.2, 0.25) is 0 Å². The summed E-state index contributed by atoms with van der Waals surface area (Å²) in [6.07, 6.45) is 1.30. The van der Waals surface area contributed by atoms with E-state index in [2.05, 4.69) is 10.3 Å². The number of hydrogen-bond donors (Lipinski definition) is 0. The van der Waals surface area contributed by atoms with Gasteiger partial charge >= 0.3 is 0 Å². The number of rotatable bonds is 2. The summed E-state index contributed by atoms with van der Waals surface area (Å²) in [5.74, 6) is -0.339. The zero-order valence-corrected chi connectivity index (χ0v) is 11.5. The highest BCUT2D eigenvalue weighted by molar-refractivity contribution is 7.92. The molecule has 0 spiro atoms. The maximum absolute atomic E-state index is 13.3. The molecule has 2 aromatic rings. The van der Waals surface area contributed by atoms with Gasteiger partial charge in [0.15, 0.2) is 9.84 Å². The summed E-state index contributed by atoms with van der Waals surface area (Å²) in [5.41, 5.74) is 0.922. The normalized spacial score (nSPS) is 22.1. The summed E-state index contributed by atoms with van der Waals surface area (Å²) in [6, 6.07) is 2.62. The number of hydrogen-bond acceptors (Lipinski definition) is 4. The minimum atomic E-state index is -3.05. The van der Waals surface area contributed by atoms with Crippen molar-refractivity contribution < 1.29 is 12.8 Å². The lowest BCUT2D eigenvalue weighted by molar-refractivity contribution is 0.540. The molecule has 5 nitrogen and oxygen atoms in total. The SMILES string of the molecule is O=S1(=O)CCCC1Cn1nnc2cc(F)c(Cl)cc21. The first-order chi connectivity index (χ1) is 8.97. The van der Waals surface area contributed by atoms with Gasteiger partial charge in [0.25, 0.3) is 0 Å². The molecule has 102 valence electrons. The smallest absolute Gasteiger partial charge is 0.154 e. The second-order valence-electron chi connectivity index (χ2n) is 4.66. The Hall–Kier alpha value is -1.21. The van der Waals surface area contributed by atoms with E-state index < -0.39 is 20.9 Å². The number of benzene rings is 1. The number of aromatic nitrogens is 3. The number of halogens is 2. The predicted octanol–water partition coefficient (Wildman–Crippen LogP) is 1.80. The molecule has 0 saturated carbocycles. The van der Waals surface area contributed by atoms with Gasteiger partial charge in [0, 0.05) is 6.07 Å². The van der Waals surface area contributed by atoms with Crippen LogP contribution in [0.5, 0.6) is 0 Å². The highest BCUT2D eigenvalue weighted by atomic mass is 35.5. The molecule has 1 atom stereocenters. The predicted molar refractivity (Wildman–Crippen MR) is 69.3 cm³/mol. The lowest BCUT2D eigenvalue weighted by Gasteiger charge is -2.09. The van der Waals surface area contributed by atoms with Crippen molar-refractivity contribution in [2.24, 2.45) is 0 Å². The van der Waals surface area contributed by atoms with Gasteiger partial charge in [-0.05, 0) is 18.9 Å². The van der Waals surface area contributed by atoms with E-state index in [1.165, 1.54) is 16.8 Å². The molecule has 1 unspecified atom stereocenters. The molecular weight excluding hydrogens is 293 g/mol. The second kappa shape index (κ2) is 4.42. The van der Waals surface area contributed by atoms with Crippen LogP contribution in [0.2, 0.25) is 5.02 Å². The topological polar surface area (TPSA) is 64.8 Å². The Morgan fingerprint density at radius 2 is 2.26 bits per heavy atom. The highest BCUT2D eigenvalue weighted by Gasteiger charge is 2.32. The van der Waals surface area contributed by atoms with Crippen molar-refractivity contribution in [3.63, 3.8) is 0 Å². The van der Waals surface area contributed by atoms with Crippen molar-refractivity contribution in [1.82, 2.24) is 15.0 Å². The van der Waals surface area contributed by atoms with Crippen molar-refractivity contribution in [3.8, 4) is 0 Å². The van der Waals surface area contributed by atoms with Gasteiger partial charge < -0.3 is 0 Å². The fraction of sp³-hybridized carbons (Fsp3) is 0.455. The molecular formula is C11H11ClFN3O2S. The monoisotopic (exact) mass is 303 g/mol. The lowest BCUT2D eigenvalue weighted by Crippen LogP contribution is -2.22. The summed E-state index contributed by atoms with van der Waals surface area (Å²) >= 11 is 5.73. The molecule has 19 heavy (non-hydrogen) atoms. The van der Waals surface area contributed by atoms with Crippen LogP contribution in [0.4, 0.5) is 4.39 Å². The molecule has 0 N–H and O–H groups in total. The van der Waals surface area contributed by atoms with E-state index in [9.17, 15) is 12.8 Å². The van der Waals surface area contributed by atoms with Crippen molar-refractivity contribution in [3.05, 3.63) is 23.0 Å². The Kier molecular flexibility index (Phi) is 2.98.